The average molecular weight is 631 g/mol. The van der Waals surface area contributed by atoms with E-state index >= 15 is 0 Å². The number of nitrogens with one attached hydrogen (secondary N) is 2. The van der Waals surface area contributed by atoms with Crippen molar-refractivity contribution < 1.29 is 4.42 Å². The molecule has 0 aliphatic carbocycles. The van der Waals surface area contributed by atoms with E-state index in [1.54, 1.807) is 0 Å². The molecular weight excluding hydrogens is 601 g/mol. The molecule has 10 rings (SSSR count). The first-order valence-electron chi connectivity index (χ1n) is 16.6. The highest BCUT2D eigenvalue weighted by atomic mass is 16.3. The first kappa shape index (κ1) is 27.8. The summed E-state index contributed by atoms with van der Waals surface area (Å²) >= 11 is 0. The summed E-state index contributed by atoms with van der Waals surface area (Å²) in [6.07, 6.45) is 1.41. The van der Waals surface area contributed by atoms with E-state index in [2.05, 4.69) is 144 Å². The summed E-state index contributed by atoms with van der Waals surface area (Å²) in [5, 5.41) is 15.8. The molecule has 3 heterocycles. The van der Waals surface area contributed by atoms with E-state index in [0.717, 1.165) is 66.5 Å². The minimum Gasteiger partial charge on any atom is -0.454 e. The highest BCUT2D eigenvalue weighted by molar-refractivity contribution is 6.17. The van der Waals surface area contributed by atoms with Crippen molar-refractivity contribution in [1.29, 1.82) is 0 Å². The summed E-state index contributed by atoms with van der Waals surface area (Å²) < 4.78 is 6.21. The maximum atomic E-state index is 6.21. The number of fused-ring (bicyclic) bond motifs is 6. The van der Waals surface area contributed by atoms with Crippen LogP contribution in [-0.2, 0) is 0 Å². The molecule has 2 atom stereocenters. The highest BCUT2D eigenvalue weighted by Crippen LogP contribution is 2.39. The van der Waals surface area contributed by atoms with Gasteiger partial charge in [0.2, 0.25) is 0 Å². The van der Waals surface area contributed by atoms with E-state index in [4.69, 9.17) is 14.4 Å². The number of benzene rings is 7. The van der Waals surface area contributed by atoms with Crippen LogP contribution in [-0.4, -0.2) is 10.8 Å². The predicted molar refractivity (Wildman–Crippen MR) is 201 cm³/mol. The Balaban J connectivity index is 1.14. The van der Waals surface area contributed by atoms with Crippen molar-refractivity contribution >= 4 is 60.2 Å². The van der Waals surface area contributed by atoms with Crippen LogP contribution in [0.15, 0.2) is 167 Å². The van der Waals surface area contributed by atoms with Crippen LogP contribution >= 0.6 is 0 Å². The van der Waals surface area contributed by atoms with Crippen LogP contribution < -0.4 is 10.6 Å². The molecule has 232 valence electrons. The largest absolute Gasteiger partial charge is 0.454 e. The quantitative estimate of drug-likeness (QED) is 0.203. The lowest BCUT2D eigenvalue weighted by Gasteiger charge is -2.32. The van der Waals surface area contributed by atoms with Gasteiger partial charge >= 0.3 is 0 Å². The maximum Gasteiger partial charge on any atom is 0.153 e. The summed E-state index contributed by atoms with van der Waals surface area (Å²) in [6.45, 7) is 0. The number of furan rings is 1. The van der Waals surface area contributed by atoms with Crippen LogP contribution in [0.5, 0.6) is 0 Å². The second-order valence-electron chi connectivity index (χ2n) is 12.7. The van der Waals surface area contributed by atoms with Gasteiger partial charge in [0, 0.05) is 11.8 Å². The molecule has 0 fully saturated rings. The topological polar surface area (TPSA) is 62.5 Å². The minimum absolute atomic E-state index is 0.163. The summed E-state index contributed by atoms with van der Waals surface area (Å²) in [7, 11) is 0. The van der Waals surface area contributed by atoms with Crippen molar-refractivity contribution in [3.8, 4) is 11.1 Å². The van der Waals surface area contributed by atoms with Crippen molar-refractivity contribution in [3.05, 3.63) is 175 Å². The molecule has 2 unspecified atom stereocenters. The third kappa shape index (κ3) is 4.66. The van der Waals surface area contributed by atoms with Gasteiger partial charge in [0.15, 0.2) is 5.58 Å². The van der Waals surface area contributed by atoms with Crippen molar-refractivity contribution in [3.63, 3.8) is 0 Å². The molecule has 0 bridgehead atoms. The van der Waals surface area contributed by atoms with Gasteiger partial charge in [0.05, 0.1) is 5.39 Å². The zero-order chi connectivity index (χ0) is 32.3. The van der Waals surface area contributed by atoms with Crippen molar-refractivity contribution in [1.82, 2.24) is 15.6 Å². The first-order chi connectivity index (χ1) is 24.3. The lowest BCUT2D eigenvalue weighted by atomic mass is 9.93. The van der Waals surface area contributed by atoms with E-state index in [0.29, 0.717) is 0 Å². The number of hydrogen-bond donors (Lipinski definition) is 2. The fraction of sp³-hybridized carbons (Fsp3) is 0.0455. The second-order valence-corrected chi connectivity index (χ2v) is 12.7. The third-order valence-electron chi connectivity index (χ3n) is 9.78. The lowest BCUT2D eigenvalue weighted by molar-refractivity contribution is 0.409. The Morgan fingerprint density at radius 2 is 1.14 bits per heavy atom. The summed E-state index contributed by atoms with van der Waals surface area (Å²) in [6, 6.07) is 53.5. The Kier molecular flexibility index (Phi) is 6.32. The Hall–Kier alpha value is -6.30. The molecular formula is C44H30N4O. The molecule has 49 heavy (non-hydrogen) atoms. The zero-order valence-corrected chi connectivity index (χ0v) is 26.5. The van der Waals surface area contributed by atoms with Gasteiger partial charge in [-0.3, -0.25) is 10.3 Å². The molecule has 0 saturated carbocycles. The molecule has 5 nitrogen and oxygen atoms in total. The average Bonchev–Trinajstić information content (AvgIpc) is 3.56. The van der Waals surface area contributed by atoms with Gasteiger partial charge in [-0.25, -0.2) is 4.99 Å². The van der Waals surface area contributed by atoms with Crippen LogP contribution in [0, 0.1) is 0 Å². The standard InChI is InChI=1S/C44H30N4O/c1-3-11-29-25-31(22-20-27(29)9-1)42-46-43(32-23-21-28-10-2-4-12-30(28)26-32)48-44(47-42)37-17-6-13-33-34(14-5-15-35(33)37)36-16-7-18-38-40(36)41-39(49-38)19-8-24-45-41/h1-26,42-43,46H,(H,47,48). The molecule has 7 aromatic carbocycles. The van der Waals surface area contributed by atoms with Crippen molar-refractivity contribution in [2.45, 2.75) is 12.3 Å². The summed E-state index contributed by atoms with van der Waals surface area (Å²) in [5.74, 6) is 0.853. The molecule has 1 aliphatic rings. The fourth-order valence-electron chi connectivity index (χ4n) is 7.42. The van der Waals surface area contributed by atoms with Crippen LogP contribution in [0.25, 0.3) is 65.5 Å². The van der Waals surface area contributed by atoms with Gasteiger partial charge < -0.3 is 9.73 Å². The molecule has 9 aromatic rings. The molecule has 5 heteroatoms. The number of pyridine rings is 1. The van der Waals surface area contributed by atoms with Gasteiger partial charge in [-0.1, -0.05) is 121 Å². The number of aliphatic imine (C=N–C) groups is 1. The zero-order valence-electron chi connectivity index (χ0n) is 26.5. The summed E-state index contributed by atoms with van der Waals surface area (Å²) in [5.41, 5.74) is 8.06. The predicted octanol–water partition coefficient (Wildman–Crippen LogP) is 10.4. The monoisotopic (exact) mass is 630 g/mol. The van der Waals surface area contributed by atoms with Crippen molar-refractivity contribution in [2.75, 3.05) is 0 Å². The number of hydrogen-bond acceptors (Lipinski definition) is 5. The van der Waals surface area contributed by atoms with E-state index in [1.165, 1.54) is 21.5 Å². The van der Waals surface area contributed by atoms with Gasteiger partial charge in [0.1, 0.15) is 29.3 Å². The Morgan fingerprint density at radius 3 is 1.94 bits per heavy atom. The second kappa shape index (κ2) is 11.2. The van der Waals surface area contributed by atoms with E-state index < -0.39 is 0 Å². The van der Waals surface area contributed by atoms with Crippen LogP contribution in [0.3, 0.4) is 0 Å². The number of nitrogens with zero attached hydrogens (tertiary/aromatic N) is 2. The smallest absolute Gasteiger partial charge is 0.153 e. The van der Waals surface area contributed by atoms with Crippen LogP contribution in [0.1, 0.15) is 29.0 Å². The van der Waals surface area contributed by atoms with E-state index in [1.807, 2.05) is 24.4 Å². The molecule has 0 radical (unpaired) electrons. The lowest BCUT2D eigenvalue weighted by Crippen LogP contribution is -2.45. The Bertz CT molecular complexity index is 2760. The summed E-state index contributed by atoms with van der Waals surface area (Å²) in [4.78, 5) is 10.1. The number of rotatable bonds is 4. The molecule has 1 aliphatic heterocycles. The Morgan fingerprint density at radius 1 is 0.510 bits per heavy atom. The first-order valence-corrected chi connectivity index (χ1v) is 16.6. The number of aromatic nitrogens is 1. The van der Waals surface area contributed by atoms with Gasteiger partial charge in [-0.05, 0) is 84.9 Å². The Labute approximate surface area is 282 Å². The number of amidine groups is 1. The molecule has 2 aromatic heterocycles. The maximum absolute atomic E-state index is 6.21. The highest BCUT2D eigenvalue weighted by Gasteiger charge is 2.27. The third-order valence-corrected chi connectivity index (χ3v) is 9.78. The molecule has 0 amide bonds. The SMILES string of the molecule is c1ccc2cc(C3N=C(c4cccc5c(-c6cccc7oc8cccnc8c67)cccc45)NC(c4ccc5ccccc5c4)N3)ccc2c1. The minimum atomic E-state index is -0.257. The van der Waals surface area contributed by atoms with E-state index in [9.17, 15) is 0 Å². The van der Waals surface area contributed by atoms with Gasteiger partial charge in [-0.2, -0.15) is 0 Å². The van der Waals surface area contributed by atoms with Crippen LogP contribution in [0.4, 0.5) is 0 Å². The fourth-order valence-corrected chi connectivity index (χ4v) is 7.42. The van der Waals surface area contributed by atoms with Crippen LogP contribution in [0.2, 0.25) is 0 Å². The van der Waals surface area contributed by atoms with E-state index in [-0.39, 0.29) is 12.3 Å². The van der Waals surface area contributed by atoms with Gasteiger partial charge in [-0.15, -0.1) is 0 Å². The molecule has 2 N–H and O–H groups in total. The molecule has 0 saturated heterocycles. The molecule has 0 spiro atoms. The van der Waals surface area contributed by atoms with Gasteiger partial charge in [0.25, 0.3) is 0 Å². The van der Waals surface area contributed by atoms with Crippen molar-refractivity contribution in [2.24, 2.45) is 4.99 Å². The normalized spacial score (nSPS) is 16.4.